The lowest BCUT2D eigenvalue weighted by molar-refractivity contribution is -0.120. The summed E-state index contributed by atoms with van der Waals surface area (Å²) in [5, 5.41) is 6.76. The van der Waals surface area contributed by atoms with Crippen molar-refractivity contribution < 1.29 is 13.2 Å². The van der Waals surface area contributed by atoms with Crippen molar-refractivity contribution in [2.45, 2.75) is 30.2 Å². The number of aromatic nitrogens is 2. The highest BCUT2D eigenvalue weighted by Gasteiger charge is 2.37. The molecule has 7 nitrogen and oxygen atoms in total. The Balaban J connectivity index is 1.84. The van der Waals surface area contributed by atoms with Crippen LogP contribution in [0, 0.1) is 0 Å². The molecule has 1 N–H and O–H groups in total. The molecular formula is C16H20N4O3S. The van der Waals surface area contributed by atoms with Gasteiger partial charge >= 0.3 is 0 Å². The summed E-state index contributed by atoms with van der Waals surface area (Å²) < 4.78 is 28.7. The number of nitrogens with zero attached hydrogens (tertiary/aromatic N) is 3. The zero-order valence-corrected chi connectivity index (χ0v) is 14.2. The third-order valence-corrected chi connectivity index (χ3v) is 6.00. The van der Waals surface area contributed by atoms with E-state index in [0.717, 1.165) is 12.8 Å². The molecule has 3 rings (SSSR count). The van der Waals surface area contributed by atoms with Crippen LogP contribution in [0.5, 0.6) is 0 Å². The minimum absolute atomic E-state index is 0.214. The zero-order valence-electron chi connectivity index (χ0n) is 13.4. The van der Waals surface area contributed by atoms with Crippen molar-refractivity contribution in [3.8, 4) is 0 Å². The Labute approximate surface area is 141 Å². The van der Waals surface area contributed by atoms with Gasteiger partial charge in [-0.3, -0.25) is 9.48 Å². The lowest BCUT2D eigenvalue weighted by atomic mass is 10.0. The molecule has 1 aromatic carbocycles. The van der Waals surface area contributed by atoms with Crippen LogP contribution in [0.4, 0.5) is 5.69 Å². The maximum atomic E-state index is 12.9. The van der Waals surface area contributed by atoms with Crippen LogP contribution in [0.3, 0.4) is 0 Å². The summed E-state index contributed by atoms with van der Waals surface area (Å²) in [6.07, 6.45) is 5.31. The first-order valence-electron chi connectivity index (χ1n) is 7.85. The number of hydrogen-bond donors (Lipinski definition) is 1. The van der Waals surface area contributed by atoms with E-state index >= 15 is 0 Å². The lowest BCUT2D eigenvalue weighted by Crippen LogP contribution is -2.49. The van der Waals surface area contributed by atoms with Gasteiger partial charge in [0, 0.05) is 19.8 Å². The van der Waals surface area contributed by atoms with Crippen LogP contribution in [0.2, 0.25) is 0 Å². The molecule has 1 amide bonds. The minimum Gasteiger partial charge on any atom is -0.322 e. The quantitative estimate of drug-likeness (QED) is 0.910. The number of anilines is 1. The number of rotatable bonds is 4. The Bertz CT molecular complexity index is 817. The summed E-state index contributed by atoms with van der Waals surface area (Å²) in [4.78, 5) is 12.8. The highest BCUT2D eigenvalue weighted by Crippen LogP contribution is 2.26. The SMILES string of the molecule is Cn1cc(NC(=O)[C@H]2CCCCN2S(=O)(=O)c2ccccc2)cn1. The average molecular weight is 348 g/mol. The number of carbonyl (C=O) groups is 1. The topological polar surface area (TPSA) is 84.3 Å². The summed E-state index contributed by atoms with van der Waals surface area (Å²) in [6.45, 7) is 0.350. The number of piperidine rings is 1. The van der Waals surface area contributed by atoms with Gasteiger partial charge in [-0.1, -0.05) is 24.6 Å². The number of nitrogens with one attached hydrogen (secondary N) is 1. The number of amides is 1. The fraction of sp³-hybridized carbons (Fsp3) is 0.375. The van der Waals surface area contributed by atoms with Gasteiger partial charge in [-0.15, -0.1) is 0 Å². The fourth-order valence-electron chi connectivity index (χ4n) is 2.89. The van der Waals surface area contributed by atoms with E-state index in [1.165, 1.54) is 10.5 Å². The molecule has 2 aromatic rings. The van der Waals surface area contributed by atoms with E-state index < -0.39 is 16.1 Å². The molecule has 0 unspecified atom stereocenters. The van der Waals surface area contributed by atoms with Gasteiger partial charge in [0.25, 0.3) is 0 Å². The number of carbonyl (C=O) groups excluding carboxylic acids is 1. The molecule has 1 atom stereocenters. The van der Waals surface area contributed by atoms with Crippen molar-refractivity contribution in [3.63, 3.8) is 0 Å². The molecule has 1 fully saturated rings. The van der Waals surface area contributed by atoms with Crippen molar-refractivity contribution >= 4 is 21.6 Å². The van der Waals surface area contributed by atoms with Crippen LogP contribution in [0.15, 0.2) is 47.6 Å². The van der Waals surface area contributed by atoms with Crippen LogP contribution < -0.4 is 5.32 Å². The highest BCUT2D eigenvalue weighted by atomic mass is 32.2. The first-order chi connectivity index (χ1) is 11.5. The van der Waals surface area contributed by atoms with Crippen molar-refractivity contribution in [2.24, 2.45) is 7.05 Å². The Kier molecular flexibility index (Phi) is 4.68. The standard InChI is InChI=1S/C16H20N4O3S/c1-19-12-13(11-17-19)18-16(21)15-9-5-6-10-20(15)24(22,23)14-7-3-2-4-8-14/h2-4,7-8,11-12,15H,5-6,9-10H2,1H3,(H,18,21)/t15-/m1/s1. The van der Waals surface area contributed by atoms with Crippen LogP contribution in [0.25, 0.3) is 0 Å². The van der Waals surface area contributed by atoms with E-state index in [1.54, 1.807) is 48.3 Å². The summed E-state index contributed by atoms with van der Waals surface area (Å²) >= 11 is 0. The molecule has 128 valence electrons. The second-order valence-electron chi connectivity index (χ2n) is 5.83. The van der Waals surface area contributed by atoms with Gasteiger partial charge in [-0.25, -0.2) is 8.42 Å². The number of benzene rings is 1. The van der Waals surface area contributed by atoms with E-state index in [2.05, 4.69) is 10.4 Å². The molecule has 1 saturated heterocycles. The van der Waals surface area contributed by atoms with E-state index in [4.69, 9.17) is 0 Å². The zero-order chi connectivity index (χ0) is 17.2. The van der Waals surface area contributed by atoms with Gasteiger partial charge < -0.3 is 5.32 Å². The average Bonchev–Trinajstić information content (AvgIpc) is 3.00. The van der Waals surface area contributed by atoms with Gasteiger partial charge in [-0.05, 0) is 25.0 Å². The van der Waals surface area contributed by atoms with Crippen molar-refractivity contribution in [1.29, 1.82) is 0 Å². The molecule has 1 aliphatic rings. The molecule has 24 heavy (non-hydrogen) atoms. The molecule has 2 heterocycles. The first-order valence-corrected chi connectivity index (χ1v) is 9.29. The first kappa shape index (κ1) is 16.7. The van der Waals surface area contributed by atoms with Gasteiger partial charge in [0.1, 0.15) is 6.04 Å². The fourth-order valence-corrected chi connectivity index (χ4v) is 4.57. The number of aryl methyl sites for hydroxylation is 1. The second kappa shape index (κ2) is 6.74. The van der Waals surface area contributed by atoms with E-state index in [1.807, 2.05) is 0 Å². The summed E-state index contributed by atoms with van der Waals surface area (Å²) in [5.41, 5.74) is 0.560. The Morgan fingerprint density at radius 1 is 1.25 bits per heavy atom. The van der Waals surface area contributed by atoms with Crippen molar-refractivity contribution in [1.82, 2.24) is 14.1 Å². The maximum absolute atomic E-state index is 12.9. The van der Waals surface area contributed by atoms with Crippen LogP contribution >= 0.6 is 0 Å². The number of sulfonamides is 1. The highest BCUT2D eigenvalue weighted by molar-refractivity contribution is 7.89. The molecule has 0 saturated carbocycles. The van der Waals surface area contributed by atoms with Gasteiger partial charge in [0.2, 0.25) is 15.9 Å². The van der Waals surface area contributed by atoms with E-state index in [-0.39, 0.29) is 10.8 Å². The van der Waals surface area contributed by atoms with Gasteiger partial charge in [0.05, 0.1) is 16.8 Å². The predicted molar refractivity (Wildman–Crippen MR) is 89.8 cm³/mol. The Hall–Kier alpha value is -2.19. The smallest absolute Gasteiger partial charge is 0.243 e. The predicted octanol–water partition coefficient (Wildman–Crippen LogP) is 1.60. The Morgan fingerprint density at radius 2 is 2.00 bits per heavy atom. The summed E-state index contributed by atoms with van der Waals surface area (Å²) in [5.74, 6) is -0.317. The molecule has 0 bridgehead atoms. The maximum Gasteiger partial charge on any atom is 0.243 e. The summed E-state index contributed by atoms with van der Waals surface area (Å²) in [6, 6.07) is 7.54. The van der Waals surface area contributed by atoms with Crippen molar-refractivity contribution in [3.05, 3.63) is 42.7 Å². The number of hydrogen-bond acceptors (Lipinski definition) is 4. The summed E-state index contributed by atoms with van der Waals surface area (Å²) in [7, 11) is -1.94. The van der Waals surface area contributed by atoms with Crippen molar-refractivity contribution in [2.75, 3.05) is 11.9 Å². The molecular weight excluding hydrogens is 328 g/mol. The normalized spacial score (nSPS) is 19.1. The van der Waals surface area contributed by atoms with E-state index in [0.29, 0.717) is 18.7 Å². The Morgan fingerprint density at radius 3 is 2.67 bits per heavy atom. The molecule has 0 spiro atoms. The molecule has 1 aliphatic heterocycles. The minimum atomic E-state index is -3.69. The van der Waals surface area contributed by atoms with Crippen LogP contribution in [0.1, 0.15) is 19.3 Å². The monoisotopic (exact) mass is 348 g/mol. The van der Waals surface area contributed by atoms with Crippen LogP contribution in [-0.4, -0.2) is 41.0 Å². The van der Waals surface area contributed by atoms with E-state index in [9.17, 15) is 13.2 Å². The molecule has 1 aromatic heterocycles. The molecule has 0 aliphatic carbocycles. The second-order valence-corrected chi connectivity index (χ2v) is 7.72. The lowest BCUT2D eigenvalue weighted by Gasteiger charge is -2.33. The third-order valence-electron chi connectivity index (χ3n) is 4.08. The molecule has 8 heteroatoms. The molecule has 0 radical (unpaired) electrons. The van der Waals surface area contributed by atoms with Gasteiger partial charge in [-0.2, -0.15) is 9.40 Å². The van der Waals surface area contributed by atoms with Gasteiger partial charge in [0.15, 0.2) is 0 Å². The van der Waals surface area contributed by atoms with Crippen LogP contribution in [-0.2, 0) is 21.9 Å². The largest absolute Gasteiger partial charge is 0.322 e. The third kappa shape index (κ3) is 3.34.